The topological polar surface area (TPSA) is 31.5 Å². The Morgan fingerprint density at radius 2 is 1.72 bits per heavy atom. The lowest BCUT2D eigenvalue weighted by Gasteiger charge is -2.40. The van der Waals surface area contributed by atoms with Crippen LogP contribution in [-0.2, 0) is 13.2 Å². The predicted octanol–water partition coefficient (Wildman–Crippen LogP) is 6.11. The maximum atomic E-state index is 6.01. The normalized spacial score (nSPS) is 15.2. The van der Waals surface area contributed by atoms with Crippen LogP contribution in [0.15, 0.2) is 72.9 Å². The van der Waals surface area contributed by atoms with Crippen molar-refractivity contribution in [1.29, 1.82) is 0 Å². The molecule has 0 bridgehead atoms. The molecule has 170 valence electrons. The van der Waals surface area contributed by atoms with Crippen LogP contribution in [0.4, 0.5) is 5.69 Å². The zero-order valence-electron chi connectivity index (χ0n) is 19.5. The molecule has 0 spiro atoms. The first-order chi connectivity index (χ1) is 15.7. The zero-order valence-corrected chi connectivity index (χ0v) is 19.5. The minimum absolute atomic E-state index is 0.602. The van der Waals surface area contributed by atoms with Gasteiger partial charge in [-0.3, -0.25) is 4.90 Å². The third-order valence-electron chi connectivity index (χ3n) is 6.42. The number of benzene rings is 2. The fraction of sp³-hybridized carbons (Fsp3) is 0.429. The van der Waals surface area contributed by atoms with Gasteiger partial charge in [-0.05, 0) is 67.1 Å². The Kier molecular flexibility index (Phi) is 7.89. The maximum Gasteiger partial charge on any atom is 0.119 e. The van der Waals surface area contributed by atoms with Crippen LogP contribution < -0.4 is 9.64 Å². The largest absolute Gasteiger partial charge is 0.489 e. The summed E-state index contributed by atoms with van der Waals surface area (Å²) in [6.07, 6.45) is 5.66. The van der Waals surface area contributed by atoms with Crippen molar-refractivity contribution < 1.29 is 4.74 Å². The highest BCUT2D eigenvalue weighted by Crippen LogP contribution is 2.27. The van der Waals surface area contributed by atoms with E-state index in [9.17, 15) is 0 Å². The average molecular weight is 432 g/mol. The van der Waals surface area contributed by atoms with Crippen molar-refractivity contribution in [3.05, 3.63) is 84.2 Å². The maximum absolute atomic E-state index is 6.01. The lowest BCUT2D eigenvalue weighted by molar-refractivity contribution is 0.199. The summed E-state index contributed by atoms with van der Waals surface area (Å²) in [7, 11) is 0. The van der Waals surface area contributed by atoms with Crippen LogP contribution in [0.2, 0.25) is 0 Å². The number of hydrogen-bond acceptors (Lipinski definition) is 3. The molecular weight excluding hydrogens is 394 g/mol. The Morgan fingerprint density at radius 3 is 2.38 bits per heavy atom. The number of nitrogens with zero attached hydrogens (tertiary/aromatic N) is 2. The fourth-order valence-electron chi connectivity index (χ4n) is 4.49. The number of hydrogen-bond donors (Lipinski definition) is 1. The molecule has 1 aliphatic heterocycles. The molecule has 1 fully saturated rings. The van der Waals surface area contributed by atoms with Crippen molar-refractivity contribution in [2.45, 2.75) is 52.3 Å². The monoisotopic (exact) mass is 431 g/mol. The minimum atomic E-state index is 0.602. The molecule has 0 atom stereocenters. The van der Waals surface area contributed by atoms with E-state index in [1.165, 1.54) is 36.2 Å². The van der Waals surface area contributed by atoms with Crippen molar-refractivity contribution in [3.63, 3.8) is 0 Å². The van der Waals surface area contributed by atoms with E-state index < -0.39 is 0 Å². The SMILES string of the molecule is CC(C)CCN(c1ccc(OCc2ccccc2)cc1)C1CCN(Cc2ccc[nH]2)CC1. The molecule has 1 saturated heterocycles. The van der Waals surface area contributed by atoms with Gasteiger partial charge in [-0.15, -0.1) is 0 Å². The van der Waals surface area contributed by atoms with E-state index >= 15 is 0 Å². The van der Waals surface area contributed by atoms with Gasteiger partial charge in [0.05, 0.1) is 0 Å². The van der Waals surface area contributed by atoms with Crippen molar-refractivity contribution in [2.75, 3.05) is 24.5 Å². The molecule has 0 amide bonds. The lowest BCUT2D eigenvalue weighted by atomic mass is 10.0. The summed E-state index contributed by atoms with van der Waals surface area (Å²) in [5.41, 5.74) is 3.83. The van der Waals surface area contributed by atoms with Crippen LogP contribution in [0.25, 0.3) is 0 Å². The Bertz CT molecular complexity index is 898. The second-order valence-electron chi connectivity index (χ2n) is 9.35. The molecule has 4 rings (SSSR count). The molecule has 0 unspecified atom stereocenters. The number of aromatic amines is 1. The highest BCUT2D eigenvalue weighted by molar-refractivity contribution is 5.50. The molecule has 32 heavy (non-hydrogen) atoms. The molecule has 0 aliphatic carbocycles. The Labute approximate surface area is 193 Å². The molecule has 4 nitrogen and oxygen atoms in total. The second-order valence-corrected chi connectivity index (χ2v) is 9.35. The van der Waals surface area contributed by atoms with Gasteiger partial charge in [-0.2, -0.15) is 0 Å². The number of likely N-dealkylation sites (tertiary alicyclic amines) is 1. The van der Waals surface area contributed by atoms with Gasteiger partial charge in [0, 0.05) is 49.8 Å². The number of piperidine rings is 1. The molecule has 0 radical (unpaired) electrons. The summed E-state index contributed by atoms with van der Waals surface area (Å²) in [4.78, 5) is 8.56. The van der Waals surface area contributed by atoms with E-state index in [2.05, 4.69) is 89.3 Å². The highest BCUT2D eigenvalue weighted by Gasteiger charge is 2.25. The van der Waals surface area contributed by atoms with Crippen molar-refractivity contribution in [2.24, 2.45) is 5.92 Å². The Hall–Kier alpha value is -2.72. The van der Waals surface area contributed by atoms with E-state index in [0.717, 1.165) is 31.9 Å². The summed E-state index contributed by atoms with van der Waals surface area (Å²) in [6.45, 7) is 9.69. The van der Waals surface area contributed by atoms with Gasteiger partial charge in [0.2, 0.25) is 0 Å². The molecule has 1 aliphatic rings. The first-order valence-electron chi connectivity index (χ1n) is 12.1. The van der Waals surface area contributed by atoms with E-state index in [1.807, 2.05) is 12.3 Å². The van der Waals surface area contributed by atoms with Crippen molar-refractivity contribution in [3.8, 4) is 5.75 Å². The van der Waals surface area contributed by atoms with Crippen LogP contribution in [0.5, 0.6) is 5.75 Å². The summed E-state index contributed by atoms with van der Waals surface area (Å²) in [5.74, 6) is 1.64. The summed E-state index contributed by atoms with van der Waals surface area (Å²) in [5, 5.41) is 0. The van der Waals surface area contributed by atoms with Gasteiger partial charge in [-0.25, -0.2) is 0 Å². The third kappa shape index (κ3) is 6.39. The van der Waals surface area contributed by atoms with Gasteiger partial charge in [-0.1, -0.05) is 44.2 Å². The van der Waals surface area contributed by atoms with Gasteiger partial charge < -0.3 is 14.6 Å². The quantitative estimate of drug-likeness (QED) is 0.420. The molecule has 3 aromatic rings. The lowest BCUT2D eigenvalue weighted by Crippen LogP contribution is -2.45. The summed E-state index contributed by atoms with van der Waals surface area (Å²) in [6, 6.07) is 24.0. The molecule has 1 N–H and O–H groups in total. The van der Waals surface area contributed by atoms with E-state index in [4.69, 9.17) is 4.74 Å². The van der Waals surface area contributed by atoms with Crippen LogP contribution in [0, 0.1) is 5.92 Å². The second kappa shape index (κ2) is 11.2. The summed E-state index contributed by atoms with van der Waals surface area (Å²) >= 11 is 0. The van der Waals surface area contributed by atoms with E-state index in [-0.39, 0.29) is 0 Å². The van der Waals surface area contributed by atoms with Crippen LogP contribution in [-0.4, -0.2) is 35.6 Å². The number of anilines is 1. The van der Waals surface area contributed by atoms with E-state index in [0.29, 0.717) is 18.6 Å². The number of ether oxygens (including phenoxy) is 1. The third-order valence-corrected chi connectivity index (χ3v) is 6.42. The van der Waals surface area contributed by atoms with Gasteiger partial charge >= 0.3 is 0 Å². The van der Waals surface area contributed by atoms with Crippen LogP contribution in [0.3, 0.4) is 0 Å². The van der Waals surface area contributed by atoms with Crippen molar-refractivity contribution in [1.82, 2.24) is 9.88 Å². The molecular formula is C28H37N3O. The van der Waals surface area contributed by atoms with Gasteiger partial charge in [0.1, 0.15) is 12.4 Å². The van der Waals surface area contributed by atoms with Crippen LogP contribution in [0.1, 0.15) is 44.4 Å². The standard InChI is InChI=1S/C28H37N3O/c1-23(2)14-20-31(27-15-18-30(19-16-27)21-25-9-6-17-29-25)26-10-12-28(13-11-26)32-22-24-7-4-3-5-8-24/h3-13,17,23,27,29H,14-16,18-22H2,1-2H3. The van der Waals surface area contributed by atoms with E-state index in [1.54, 1.807) is 0 Å². The predicted molar refractivity (Wildman–Crippen MR) is 133 cm³/mol. The van der Waals surface area contributed by atoms with Crippen molar-refractivity contribution >= 4 is 5.69 Å². The minimum Gasteiger partial charge on any atom is -0.489 e. The Balaban J connectivity index is 1.36. The molecule has 2 aromatic carbocycles. The Morgan fingerprint density at radius 1 is 0.969 bits per heavy atom. The average Bonchev–Trinajstić information content (AvgIpc) is 3.33. The molecule has 2 heterocycles. The highest BCUT2D eigenvalue weighted by atomic mass is 16.5. The number of nitrogens with one attached hydrogen (secondary N) is 1. The number of aromatic nitrogens is 1. The zero-order chi connectivity index (χ0) is 22.2. The molecule has 1 aromatic heterocycles. The molecule has 0 saturated carbocycles. The first kappa shape index (κ1) is 22.5. The fourth-order valence-corrected chi connectivity index (χ4v) is 4.49. The number of rotatable bonds is 10. The smallest absolute Gasteiger partial charge is 0.119 e. The summed E-state index contributed by atoms with van der Waals surface area (Å²) < 4.78 is 6.01. The van der Waals surface area contributed by atoms with Gasteiger partial charge in [0.25, 0.3) is 0 Å². The van der Waals surface area contributed by atoms with Crippen LogP contribution >= 0.6 is 0 Å². The number of H-pyrrole nitrogens is 1. The first-order valence-corrected chi connectivity index (χ1v) is 12.1. The molecule has 4 heteroatoms. The van der Waals surface area contributed by atoms with Gasteiger partial charge in [0.15, 0.2) is 0 Å².